The van der Waals surface area contributed by atoms with Crippen LogP contribution in [0.5, 0.6) is 5.75 Å². The summed E-state index contributed by atoms with van der Waals surface area (Å²) in [6.07, 6.45) is -1.07. The van der Waals surface area contributed by atoms with Crippen molar-refractivity contribution in [2.45, 2.75) is 19.6 Å². The number of para-hydroxylation sites is 1. The minimum Gasteiger partial charge on any atom is -0.449 e. The maximum Gasteiger partial charge on any atom is 0.387 e. The van der Waals surface area contributed by atoms with Crippen LogP contribution < -0.4 is 10.1 Å². The van der Waals surface area contributed by atoms with Gasteiger partial charge in [0, 0.05) is 11.3 Å². The zero-order valence-corrected chi connectivity index (χ0v) is 16.0. The highest BCUT2D eigenvalue weighted by Crippen LogP contribution is 2.27. The normalized spacial score (nSPS) is 11.6. The first-order chi connectivity index (χ1) is 14.4. The van der Waals surface area contributed by atoms with E-state index in [0.717, 1.165) is 11.1 Å². The summed E-state index contributed by atoms with van der Waals surface area (Å²) >= 11 is 0. The Balaban J connectivity index is 1.65. The van der Waals surface area contributed by atoms with Gasteiger partial charge >= 0.3 is 12.6 Å². The number of ether oxygens (including phenoxy) is 2. The third-order valence-electron chi connectivity index (χ3n) is 4.24. The Hall–Kier alpha value is -3.74. The molecule has 0 aliphatic carbocycles. The van der Waals surface area contributed by atoms with Gasteiger partial charge in [-0.15, -0.1) is 0 Å². The first kappa shape index (κ1) is 21.0. The molecule has 0 spiro atoms. The summed E-state index contributed by atoms with van der Waals surface area (Å²) in [5.74, 6) is -1.33. The summed E-state index contributed by atoms with van der Waals surface area (Å²) in [5.41, 5.74) is 2.47. The monoisotopic (exact) mass is 411 g/mol. The van der Waals surface area contributed by atoms with Gasteiger partial charge < -0.3 is 14.8 Å². The van der Waals surface area contributed by atoms with E-state index < -0.39 is 24.6 Å². The van der Waals surface area contributed by atoms with Crippen LogP contribution in [-0.2, 0) is 9.53 Å². The van der Waals surface area contributed by atoms with Gasteiger partial charge in [-0.05, 0) is 42.8 Å². The Bertz CT molecular complexity index is 1010. The van der Waals surface area contributed by atoms with Crippen LogP contribution in [0.4, 0.5) is 14.5 Å². The van der Waals surface area contributed by atoms with E-state index in [9.17, 15) is 18.4 Å². The lowest BCUT2D eigenvalue weighted by Crippen LogP contribution is -2.30. The lowest BCUT2D eigenvalue weighted by atomic mass is 10.0. The van der Waals surface area contributed by atoms with Crippen LogP contribution in [0.15, 0.2) is 78.9 Å². The average molecular weight is 411 g/mol. The van der Waals surface area contributed by atoms with Gasteiger partial charge in [0.1, 0.15) is 5.75 Å². The number of carbonyl (C=O) groups is 2. The first-order valence-electron chi connectivity index (χ1n) is 9.15. The number of alkyl halides is 2. The van der Waals surface area contributed by atoms with Gasteiger partial charge in [0.05, 0.1) is 5.56 Å². The molecule has 5 nitrogen and oxygen atoms in total. The second-order valence-corrected chi connectivity index (χ2v) is 6.35. The molecule has 154 valence electrons. The van der Waals surface area contributed by atoms with Crippen molar-refractivity contribution in [2.24, 2.45) is 0 Å². The number of rotatable bonds is 7. The Morgan fingerprint density at radius 2 is 1.50 bits per heavy atom. The predicted molar refractivity (Wildman–Crippen MR) is 108 cm³/mol. The van der Waals surface area contributed by atoms with Gasteiger partial charge in [-0.3, -0.25) is 4.79 Å². The van der Waals surface area contributed by atoms with Crippen LogP contribution >= 0.6 is 0 Å². The maximum atomic E-state index is 12.5. The molecule has 1 N–H and O–H groups in total. The molecule has 0 heterocycles. The fourth-order valence-electron chi connectivity index (χ4n) is 2.75. The smallest absolute Gasteiger partial charge is 0.387 e. The Labute approximate surface area is 172 Å². The average Bonchev–Trinajstić information content (AvgIpc) is 2.74. The first-order valence-corrected chi connectivity index (χ1v) is 9.15. The molecule has 0 saturated heterocycles. The molecule has 0 radical (unpaired) electrons. The highest BCUT2D eigenvalue weighted by atomic mass is 19.3. The van der Waals surface area contributed by atoms with E-state index >= 15 is 0 Å². The summed E-state index contributed by atoms with van der Waals surface area (Å²) in [4.78, 5) is 24.8. The van der Waals surface area contributed by atoms with Crippen molar-refractivity contribution >= 4 is 17.6 Å². The quantitative estimate of drug-likeness (QED) is 0.547. The zero-order valence-electron chi connectivity index (χ0n) is 16.0. The van der Waals surface area contributed by atoms with Gasteiger partial charge in [-0.1, -0.05) is 48.5 Å². The summed E-state index contributed by atoms with van der Waals surface area (Å²) in [6.45, 7) is -1.50. The number of amides is 1. The van der Waals surface area contributed by atoms with E-state index in [0.29, 0.717) is 5.69 Å². The van der Waals surface area contributed by atoms with Crippen molar-refractivity contribution in [1.29, 1.82) is 0 Å². The zero-order chi connectivity index (χ0) is 21.5. The van der Waals surface area contributed by atoms with Crippen molar-refractivity contribution in [3.63, 3.8) is 0 Å². The summed E-state index contributed by atoms with van der Waals surface area (Å²) in [5, 5.41) is 2.78. The SMILES string of the molecule is C[C@@H](OC(=O)c1ccc(OC(F)F)cc1)C(=O)Nc1ccccc1-c1ccccc1. The number of hydrogen-bond donors (Lipinski definition) is 1. The summed E-state index contributed by atoms with van der Waals surface area (Å²) in [7, 11) is 0. The van der Waals surface area contributed by atoms with Crippen molar-refractivity contribution in [3.05, 3.63) is 84.4 Å². The third-order valence-corrected chi connectivity index (χ3v) is 4.24. The van der Waals surface area contributed by atoms with Gasteiger partial charge in [-0.2, -0.15) is 8.78 Å². The minimum absolute atomic E-state index is 0.0788. The molecule has 0 aliphatic heterocycles. The van der Waals surface area contributed by atoms with E-state index in [1.54, 1.807) is 12.1 Å². The number of hydrogen-bond acceptors (Lipinski definition) is 4. The maximum absolute atomic E-state index is 12.5. The van der Waals surface area contributed by atoms with Gasteiger partial charge in [0.2, 0.25) is 0 Å². The van der Waals surface area contributed by atoms with E-state index in [2.05, 4.69) is 10.1 Å². The molecular weight excluding hydrogens is 392 g/mol. The molecule has 0 bridgehead atoms. The van der Waals surface area contributed by atoms with Gasteiger partial charge in [-0.25, -0.2) is 4.79 Å². The molecule has 0 fully saturated rings. The lowest BCUT2D eigenvalue weighted by molar-refractivity contribution is -0.123. The summed E-state index contributed by atoms with van der Waals surface area (Å²) in [6, 6.07) is 21.9. The van der Waals surface area contributed by atoms with Crippen LogP contribution in [0.3, 0.4) is 0 Å². The van der Waals surface area contributed by atoms with Crippen molar-refractivity contribution in [1.82, 2.24) is 0 Å². The highest BCUT2D eigenvalue weighted by Gasteiger charge is 2.20. The third kappa shape index (κ3) is 5.41. The Kier molecular flexibility index (Phi) is 6.75. The molecule has 30 heavy (non-hydrogen) atoms. The number of benzene rings is 3. The molecule has 1 atom stereocenters. The van der Waals surface area contributed by atoms with Crippen LogP contribution in [0.1, 0.15) is 17.3 Å². The number of carbonyl (C=O) groups excluding carboxylic acids is 2. The minimum atomic E-state index is -2.95. The molecule has 3 aromatic rings. The highest BCUT2D eigenvalue weighted by molar-refractivity contribution is 5.99. The lowest BCUT2D eigenvalue weighted by Gasteiger charge is -2.16. The molecular formula is C23H19F2NO4. The predicted octanol–water partition coefficient (Wildman–Crippen LogP) is 5.14. The van der Waals surface area contributed by atoms with Crippen molar-refractivity contribution in [3.8, 4) is 16.9 Å². The van der Waals surface area contributed by atoms with Gasteiger partial charge in [0.25, 0.3) is 5.91 Å². The van der Waals surface area contributed by atoms with Crippen LogP contribution in [-0.4, -0.2) is 24.6 Å². The van der Waals surface area contributed by atoms with Crippen LogP contribution in [0.2, 0.25) is 0 Å². The Morgan fingerprint density at radius 1 is 0.867 bits per heavy atom. The van der Waals surface area contributed by atoms with Gasteiger partial charge in [0.15, 0.2) is 6.10 Å². The summed E-state index contributed by atoms with van der Waals surface area (Å²) < 4.78 is 33.8. The molecule has 0 unspecified atom stereocenters. The van der Waals surface area contributed by atoms with E-state index in [4.69, 9.17) is 4.74 Å². The fourth-order valence-corrected chi connectivity index (χ4v) is 2.75. The molecule has 3 aromatic carbocycles. The number of nitrogens with one attached hydrogen (secondary N) is 1. The Morgan fingerprint density at radius 3 is 2.17 bits per heavy atom. The number of esters is 1. The van der Waals surface area contributed by atoms with E-state index in [1.165, 1.54) is 31.2 Å². The van der Waals surface area contributed by atoms with Crippen molar-refractivity contribution < 1.29 is 27.8 Å². The standard InChI is InChI=1S/C23H19F2NO4/c1-15(29-22(28)17-11-13-18(14-12-17)30-23(24)25)21(27)26-20-10-6-5-9-19(20)16-7-3-2-4-8-16/h2-15,23H,1H3,(H,26,27)/t15-/m1/s1. The second-order valence-electron chi connectivity index (χ2n) is 6.35. The van der Waals surface area contributed by atoms with Crippen LogP contribution in [0.25, 0.3) is 11.1 Å². The van der Waals surface area contributed by atoms with E-state index in [1.807, 2.05) is 42.5 Å². The number of anilines is 1. The largest absolute Gasteiger partial charge is 0.449 e. The molecule has 0 aromatic heterocycles. The fraction of sp³-hybridized carbons (Fsp3) is 0.130. The van der Waals surface area contributed by atoms with Crippen molar-refractivity contribution in [2.75, 3.05) is 5.32 Å². The van der Waals surface area contributed by atoms with E-state index in [-0.39, 0.29) is 11.3 Å². The topological polar surface area (TPSA) is 64.6 Å². The molecule has 7 heteroatoms. The van der Waals surface area contributed by atoms with Crippen LogP contribution in [0, 0.1) is 0 Å². The molecule has 0 aliphatic rings. The molecule has 3 rings (SSSR count). The number of halogens is 2. The second kappa shape index (κ2) is 9.65. The molecule has 1 amide bonds. The molecule has 0 saturated carbocycles.